The summed E-state index contributed by atoms with van der Waals surface area (Å²) in [6.07, 6.45) is 6.57. The van der Waals surface area contributed by atoms with Gasteiger partial charge in [0.15, 0.2) is 0 Å². The fourth-order valence-electron chi connectivity index (χ4n) is 3.66. The summed E-state index contributed by atoms with van der Waals surface area (Å²) in [5.41, 5.74) is -0.344. The molecule has 0 spiro atoms. The fraction of sp³-hybridized carbons (Fsp3) is 0.867. The number of nitrogens with zero attached hydrogens (tertiary/aromatic N) is 1. The maximum atomic E-state index is 13.0. The molecule has 2 aliphatic rings. The smallest absolute Gasteiger partial charge is 0.323 e. The zero-order chi connectivity index (χ0) is 14.6. The van der Waals surface area contributed by atoms with E-state index in [1.54, 1.807) is 4.90 Å². The Morgan fingerprint density at radius 1 is 1.25 bits per heavy atom. The van der Waals surface area contributed by atoms with Crippen LogP contribution in [0.2, 0.25) is 0 Å². The molecule has 2 N–H and O–H groups in total. The van der Waals surface area contributed by atoms with Crippen LogP contribution in [0.4, 0.5) is 0 Å². The molecule has 1 saturated carbocycles. The molecule has 1 saturated heterocycles. The number of rotatable bonds is 5. The Hall–Kier alpha value is -1.10. The van der Waals surface area contributed by atoms with Crippen LogP contribution in [0.1, 0.15) is 51.9 Å². The molecule has 0 unspecified atom stereocenters. The van der Waals surface area contributed by atoms with E-state index in [1.165, 1.54) is 0 Å². The van der Waals surface area contributed by atoms with Gasteiger partial charge in [0.25, 0.3) is 0 Å². The number of hydrogen-bond donors (Lipinski definition) is 2. The topological polar surface area (TPSA) is 69.6 Å². The number of nitrogens with one attached hydrogen (secondary N) is 1. The number of piperidine rings is 1. The summed E-state index contributed by atoms with van der Waals surface area (Å²) >= 11 is 0. The quantitative estimate of drug-likeness (QED) is 0.804. The van der Waals surface area contributed by atoms with Crippen LogP contribution in [-0.4, -0.2) is 47.6 Å². The third-order valence-corrected chi connectivity index (χ3v) is 5.02. The lowest BCUT2D eigenvalue weighted by Crippen LogP contribution is -2.53. The highest BCUT2D eigenvalue weighted by Gasteiger charge is 2.43. The van der Waals surface area contributed by atoms with Crippen molar-refractivity contribution in [1.82, 2.24) is 10.2 Å². The van der Waals surface area contributed by atoms with Crippen molar-refractivity contribution in [1.29, 1.82) is 0 Å². The number of carbonyl (C=O) groups is 2. The van der Waals surface area contributed by atoms with Gasteiger partial charge in [0.05, 0.1) is 5.41 Å². The maximum absolute atomic E-state index is 13.0. The van der Waals surface area contributed by atoms with Gasteiger partial charge in [-0.1, -0.05) is 19.8 Å². The average molecular weight is 282 g/mol. The Balaban J connectivity index is 2.17. The molecule has 0 aromatic carbocycles. The van der Waals surface area contributed by atoms with Crippen molar-refractivity contribution in [2.45, 2.75) is 57.9 Å². The largest absolute Gasteiger partial charge is 0.480 e. The molecule has 2 rings (SSSR count). The Morgan fingerprint density at radius 2 is 1.85 bits per heavy atom. The predicted molar refractivity (Wildman–Crippen MR) is 76.4 cm³/mol. The maximum Gasteiger partial charge on any atom is 0.323 e. The van der Waals surface area contributed by atoms with E-state index in [2.05, 4.69) is 12.2 Å². The monoisotopic (exact) mass is 282 g/mol. The summed E-state index contributed by atoms with van der Waals surface area (Å²) in [5.74, 6) is -0.818. The van der Waals surface area contributed by atoms with Crippen LogP contribution in [0.3, 0.4) is 0 Å². The van der Waals surface area contributed by atoms with E-state index in [0.29, 0.717) is 0 Å². The van der Waals surface area contributed by atoms with Crippen molar-refractivity contribution in [2.24, 2.45) is 5.41 Å². The molecule has 0 radical (unpaired) electrons. The number of aliphatic carboxylic acids is 1. The molecule has 0 atom stereocenters. The van der Waals surface area contributed by atoms with E-state index in [-0.39, 0.29) is 23.9 Å². The SMILES string of the molecule is CCC1(C(=O)N(CC(=O)O)C2CCCC2)CCNCC1. The molecule has 1 aliphatic carbocycles. The molecule has 0 bridgehead atoms. The molecule has 0 aromatic heterocycles. The zero-order valence-corrected chi connectivity index (χ0v) is 12.4. The van der Waals surface area contributed by atoms with E-state index >= 15 is 0 Å². The Kier molecular flexibility index (Phi) is 5.02. The van der Waals surface area contributed by atoms with Crippen LogP contribution in [-0.2, 0) is 9.59 Å². The molecule has 5 heteroatoms. The van der Waals surface area contributed by atoms with Gasteiger partial charge >= 0.3 is 5.97 Å². The number of hydrogen-bond acceptors (Lipinski definition) is 3. The lowest BCUT2D eigenvalue weighted by molar-refractivity contribution is -0.153. The number of carboxylic acid groups (broad SMARTS) is 1. The predicted octanol–water partition coefficient (Wildman–Crippen LogP) is 1.62. The zero-order valence-electron chi connectivity index (χ0n) is 12.4. The van der Waals surface area contributed by atoms with Gasteiger partial charge in [-0.15, -0.1) is 0 Å². The fourth-order valence-corrected chi connectivity index (χ4v) is 3.66. The molecule has 2 fully saturated rings. The Labute approximate surface area is 120 Å². The minimum absolute atomic E-state index is 0.0794. The third-order valence-electron chi connectivity index (χ3n) is 5.02. The molecular weight excluding hydrogens is 256 g/mol. The number of carboxylic acids is 1. The van der Waals surface area contributed by atoms with E-state index in [0.717, 1.165) is 58.0 Å². The third kappa shape index (κ3) is 3.14. The van der Waals surface area contributed by atoms with Crippen molar-refractivity contribution >= 4 is 11.9 Å². The Morgan fingerprint density at radius 3 is 2.35 bits per heavy atom. The van der Waals surface area contributed by atoms with Crippen molar-refractivity contribution in [3.05, 3.63) is 0 Å². The second-order valence-corrected chi connectivity index (χ2v) is 6.15. The molecule has 1 heterocycles. The molecule has 1 aliphatic heterocycles. The molecule has 1 amide bonds. The van der Waals surface area contributed by atoms with Crippen LogP contribution in [0.5, 0.6) is 0 Å². The lowest BCUT2D eigenvalue weighted by Gasteiger charge is -2.41. The van der Waals surface area contributed by atoms with E-state index < -0.39 is 5.97 Å². The van der Waals surface area contributed by atoms with Gasteiger partial charge in [-0.05, 0) is 45.2 Å². The average Bonchev–Trinajstić information content (AvgIpc) is 2.98. The van der Waals surface area contributed by atoms with Gasteiger partial charge in [-0.2, -0.15) is 0 Å². The van der Waals surface area contributed by atoms with Crippen molar-refractivity contribution in [3.8, 4) is 0 Å². The second-order valence-electron chi connectivity index (χ2n) is 6.15. The molecule has 5 nitrogen and oxygen atoms in total. The van der Waals surface area contributed by atoms with Gasteiger partial charge in [-0.25, -0.2) is 0 Å². The van der Waals surface area contributed by atoms with Gasteiger partial charge < -0.3 is 15.3 Å². The Bertz CT molecular complexity index is 358. The van der Waals surface area contributed by atoms with Crippen LogP contribution in [0, 0.1) is 5.41 Å². The minimum atomic E-state index is -0.898. The highest BCUT2D eigenvalue weighted by atomic mass is 16.4. The van der Waals surface area contributed by atoms with Crippen LogP contribution < -0.4 is 5.32 Å². The van der Waals surface area contributed by atoms with E-state index in [1.807, 2.05) is 0 Å². The van der Waals surface area contributed by atoms with E-state index in [4.69, 9.17) is 5.11 Å². The number of carbonyl (C=O) groups excluding carboxylic acids is 1. The first-order chi connectivity index (χ1) is 9.59. The summed E-state index contributed by atoms with van der Waals surface area (Å²) in [5, 5.41) is 12.4. The molecular formula is C15H26N2O3. The first-order valence-corrected chi connectivity index (χ1v) is 7.82. The summed E-state index contributed by atoms with van der Waals surface area (Å²) in [6.45, 7) is 3.62. The standard InChI is InChI=1S/C15H26N2O3/c1-2-15(7-9-16-10-8-15)14(20)17(11-13(18)19)12-5-3-4-6-12/h12,16H,2-11H2,1H3,(H,18,19). The molecule has 114 valence electrons. The van der Waals surface area contributed by atoms with Crippen LogP contribution in [0.15, 0.2) is 0 Å². The first kappa shape index (κ1) is 15.3. The van der Waals surface area contributed by atoms with Crippen LogP contribution in [0.25, 0.3) is 0 Å². The number of amides is 1. The minimum Gasteiger partial charge on any atom is -0.480 e. The van der Waals surface area contributed by atoms with Crippen molar-refractivity contribution < 1.29 is 14.7 Å². The summed E-state index contributed by atoms with van der Waals surface area (Å²) in [6, 6.07) is 0.136. The summed E-state index contributed by atoms with van der Waals surface area (Å²) in [4.78, 5) is 25.8. The highest BCUT2D eigenvalue weighted by molar-refractivity contribution is 5.86. The lowest BCUT2D eigenvalue weighted by atomic mass is 9.75. The molecule has 0 aromatic rings. The van der Waals surface area contributed by atoms with Crippen molar-refractivity contribution in [2.75, 3.05) is 19.6 Å². The van der Waals surface area contributed by atoms with Crippen molar-refractivity contribution in [3.63, 3.8) is 0 Å². The van der Waals surface area contributed by atoms with E-state index in [9.17, 15) is 9.59 Å². The normalized spacial score (nSPS) is 22.6. The summed E-state index contributed by atoms with van der Waals surface area (Å²) < 4.78 is 0. The second kappa shape index (κ2) is 6.57. The van der Waals surface area contributed by atoms with Crippen LogP contribution >= 0.6 is 0 Å². The highest BCUT2D eigenvalue weighted by Crippen LogP contribution is 2.37. The van der Waals surface area contributed by atoms with Gasteiger partial charge in [0.2, 0.25) is 5.91 Å². The molecule has 20 heavy (non-hydrogen) atoms. The first-order valence-electron chi connectivity index (χ1n) is 7.82. The van der Waals surface area contributed by atoms with Gasteiger partial charge in [0, 0.05) is 6.04 Å². The van der Waals surface area contributed by atoms with Gasteiger partial charge in [0.1, 0.15) is 6.54 Å². The summed E-state index contributed by atoms with van der Waals surface area (Å²) in [7, 11) is 0. The van der Waals surface area contributed by atoms with Gasteiger partial charge in [-0.3, -0.25) is 9.59 Å².